The fraction of sp³-hybridized carbons (Fsp3) is 0.438. The molecule has 0 saturated carbocycles. The lowest BCUT2D eigenvalue weighted by atomic mass is 10.2. The maximum atomic E-state index is 12.4. The zero-order chi connectivity index (χ0) is 16.1. The van der Waals surface area contributed by atoms with Gasteiger partial charge in [0.1, 0.15) is 0 Å². The molecule has 23 heavy (non-hydrogen) atoms. The van der Waals surface area contributed by atoms with Crippen LogP contribution in [0.15, 0.2) is 33.7 Å². The van der Waals surface area contributed by atoms with Crippen molar-refractivity contribution in [3.8, 4) is 0 Å². The van der Waals surface area contributed by atoms with Crippen molar-refractivity contribution in [3.63, 3.8) is 0 Å². The number of nitrogens with one attached hydrogen (secondary N) is 2. The third-order valence-corrected chi connectivity index (χ3v) is 4.78. The zero-order valence-electron chi connectivity index (χ0n) is 13.0. The third kappa shape index (κ3) is 4.33. The lowest BCUT2D eigenvalue weighted by Crippen LogP contribution is -2.37. The fourth-order valence-electron chi connectivity index (χ4n) is 2.56. The second-order valence-corrected chi connectivity index (χ2v) is 6.54. The van der Waals surface area contributed by atoms with Crippen molar-refractivity contribution >= 4 is 17.7 Å². The number of aryl methyl sites for hydroxylation is 1. The monoisotopic (exact) mass is 332 g/mol. The van der Waals surface area contributed by atoms with Crippen LogP contribution < -0.4 is 10.6 Å². The number of carbonyl (C=O) groups is 1. The number of carbonyl (C=O) groups excluding carboxylic acids is 1. The fourth-order valence-corrected chi connectivity index (χ4v) is 3.45. The molecule has 2 N–H and O–H groups in total. The normalized spacial score (nSPS) is 17.3. The Balaban J connectivity index is 1.60. The van der Waals surface area contributed by atoms with Crippen molar-refractivity contribution < 1.29 is 9.32 Å². The SMILES string of the molecule is Cc1noc(CSc2ccccc2C(=O)NCC2CCCN2)n1. The number of amides is 1. The molecule has 3 rings (SSSR count). The van der Waals surface area contributed by atoms with Gasteiger partial charge in [0.25, 0.3) is 5.91 Å². The molecule has 0 radical (unpaired) electrons. The standard InChI is InChI=1S/C16H20N4O2S/c1-11-19-15(22-20-11)10-23-14-7-3-2-6-13(14)16(21)18-9-12-5-4-8-17-12/h2-3,6-7,12,17H,4-5,8-10H2,1H3,(H,18,21). The molecule has 0 aliphatic carbocycles. The molecule has 2 aromatic rings. The van der Waals surface area contributed by atoms with E-state index in [-0.39, 0.29) is 5.91 Å². The lowest BCUT2D eigenvalue weighted by Gasteiger charge is -2.13. The van der Waals surface area contributed by atoms with Gasteiger partial charge >= 0.3 is 0 Å². The zero-order valence-corrected chi connectivity index (χ0v) is 13.9. The first kappa shape index (κ1) is 16.0. The number of hydrogen-bond donors (Lipinski definition) is 2. The van der Waals surface area contributed by atoms with Crippen LogP contribution in [0.4, 0.5) is 0 Å². The van der Waals surface area contributed by atoms with Gasteiger partial charge in [0.2, 0.25) is 5.89 Å². The Kier molecular flexibility index (Phi) is 5.30. The van der Waals surface area contributed by atoms with E-state index in [0.717, 1.165) is 17.9 Å². The van der Waals surface area contributed by atoms with Crippen LogP contribution in [0.25, 0.3) is 0 Å². The van der Waals surface area contributed by atoms with Crippen LogP contribution in [0.1, 0.15) is 34.9 Å². The van der Waals surface area contributed by atoms with E-state index in [4.69, 9.17) is 4.52 Å². The first-order valence-corrected chi connectivity index (χ1v) is 8.73. The van der Waals surface area contributed by atoms with E-state index in [0.29, 0.717) is 35.6 Å². The Morgan fingerprint density at radius 2 is 2.35 bits per heavy atom. The predicted molar refractivity (Wildman–Crippen MR) is 88.4 cm³/mol. The Morgan fingerprint density at radius 1 is 1.48 bits per heavy atom. The van der Waals surface area contributed by atoms with Crippen molar-refractivity contribution in [2.75, 3.05) is 13.1 Å². The second kappa shape index (κ2) is 7.61. The molecule has 1 aliphatic rings. The minimum Gasteiger partial charge on any atom is -0.350 e. The van der Waals surface area contributed by atoms with Crippen LogP contribution in [-0.2, 0) is 5.75 Å². The summed E-state index contributed by atoms with van der Waals surface area (Å²) in [6.07, 6.45) is 2.30. The highest BCUT2D eigenvalue weighted by Crippen LogP contribution is 2.25. The van der Waals surface area contributed by atoms with Crippen LogP contribution in [0.5, 0.6) is 0 Å². The average molecular weight is 332 g/mol. The van der Waals surface area contributed by atoms with Crippen molar-refractivity contribution in [1.29, 1.82) is 0 Å². The van der Waals surface area contributed by atoms with Crippen LogP contribution in [0.2, 0.25) is 0 Å². The van der Waals surface area contributed by atoms with Crippen molar-refractivity contribution in [2.24, 2.45) is 0 Å². The number of rotatable bonds is 6. The third-order valence-electron chi connectivity index (χ3n) is 3.72. The lowest BCUT2D eigenvalue weighted by molar-refractivity contribution is 0.0947. The van der Waals surface area contributed by atoms with E-state index in [1.165, 1.54) is 18.2 Å². The highest BCUT2D eigenvalue weighted by atomic mass is 32.2. The van der Waals surface area contributed by atoms with E-state index in [1.54, 1.807) is 6.92 Å². The van der Waals surface area contributed by atoms with E-state index in [9.17, 15) is 4.79 Å². The van der Waals surface area contributed by atoms with E-state index in [2.05, 4.69) is 20.8 Å². The molecule has 1 amide bonds. The first-order valence-electron chi connectivity index (χ1n) is 7.75. The summed E-state index contributed by atoms with van der Waals surface area (Å²) in [4.78, 5) is 17.5. The summed E-state index contributed by atoms with van der Waals surface area (Å²) in [5.41, 5.74) is 0.687. The highest BCUT2D eigenvalue weighted by Gasteiger charge is 2.17. The number of aromatic nitrogens is 2. The molecule has 6 nitrogen and oxygen atoms in total. The molecule has 122 valence electrons. The Labute approximate surface area is 139 Å². The summed E-state index contributed by atoms with van der Waals surface area (Å²) in [7, 11) is 0. The van der Waals surface area contributed by atoms with Crippen LogP contribution in [0.3, 0.4) is 0 Å². The van der Waals surface area contributed by atoms with Crippen LogP contribution in [-0.4, -0.2) is 35.2 Å². The Hall–Kier alpha value is -1.86. The summed E-state index contributed by atoms with van der Waals surface area (Å²) in [6.45, 7) is 3.49. The molecule has 1 aromatic heterocycles. The van der Waals surface area contributed by atoms with Gasteiger partial charge in [-0.05, 0) is 38.4 Å². The van der Waals surface area contributed by atoms with Gasteiger partial charge < -0.3 is 15.2 Å². The predicted octanol–water partition coefficient (Wildman–Crippen LogP) is 2.15. The van der Waals surface area contributed by atoms with E-state index >= 15 is 0 Å². The quantitative estimate of drug-likeness (QED) is 0.789. The van der Waals surface area contributed by atoms with Gasteiger partial charge in [-0.2, -0.15) is 4.98 Å². The van der Waals surface area contributed by atoms with Gasteiger partial charge in [-0.25, -0.2) is 0 Å². The van der Waals surface area contributed by atoms with Gasteiger partial charge in [0.15, 0.2) is 5.82 Å². The van der Waals surface area contributed by atoms with E-state index in [1.807, 2.05) is 24.3 Å². The summed E-state index contributed by atoms with van der Waals surface area (Å²) in [5, 5.41) is 10.2. The maximum Gasteiger partial charge on any atom is 0.252 e. The van der Waals surface area contributed by atoms with Crippen molar-refractivity contribution in [2.45, 2.75) is 36.5 Å². The minimum atomic E-state index is -0.0384. The molecule has 0 spiro atoms. The summed E-state index contributed by atoms with van der Waals surface area (Å²) in [5.74, 6) is 1.70. The van der Waals surface area contributed by atoms with Crippen molar-refractivity contribution in [1.82, 2.24) is 20.8 Å². The van der Waals surface area contributed by atoms with Crippen LogP contribution in [0, 0.1) is 6.92 Å². The van der Waals surface area contributed by atoms with Gasteiger partial charge in [-0.1, -0.05) is 17.3 Å². The van der Waals surface area contributed by atoms with E-state index < -0.39 is 0 Å². The second-order valence-electron chi connectivity index (χ2n) is 5.52. The molecule has 7 heteroatoms. The van der Waals surface area contributed by atoms with Gasteiger partial charge in [-0.15, -0.1) is 11.8 Å². The summed E-state index contributed by atoms with van der Waals surface area (Å²) in [6, 6.07) is 7.98. The largest absolute Gasteiger partial charge is 0.350 e. The van der Waals surface area contributed by atoms with Crippen molar-refractivity contribution in [3.05, 3.63) is 41.5 Å². The molecule has 1 aliphatic heterocycles. The van der Waals surface area contributed by atoms with Gasteiger partial charge in [0, 0.05) is 17.5 Å². The Bertz CT molecular complexity index is 668. The molecular weight excluding hydrogens is 312 g/mol. The number of thioether (sulfide) groups is 1. The molecule has 0 bridgehead atoms. The molecule has 1 atom stereocenters. The Morgan fingerprint density at radius 3 is 3.09 bits per heavy atom. The van der Waals surface area contributed by atoms with Gasteiger partial charge in [0.05, 0.1) is 11.3 Å². The molecule has 1 fully saturated rings. The molecular formula is C16H20N4O2S. The number of hydrogen-bond acceptors (Lipinski definition) is 6. The average Bonchev–Trinajstić information content (AvgIpc) is 3.22. The topological polar surface area (TPSA) is 80.0 Å². The summed E-state index contributed by atoms with van der Waals surface area (Å²) < 4.78 is 5.11. The van der Waals surface area contributed by atoms with Gasteiger partial charge in [-0.3, -0.25) is 4.79 Å². The molecule has 1 unspecified atom stereocenters. The number of benzene rings is 1. The number of nitrogens with zero attached hydrogens (tertiary/aromatic N) is 2. The van der Waals surface area contributed by atoms with Crippen LogP contribution >= 0.6 is 11.8 Å². The molecule has 1 aromatic carbocycles. The maximum absolute atomic E-state index is 12.4. The molecule has 2 heterocycles. The minimum absolute atomic E-state index is 0.0384. The highest BCUT2D eigenvalue weighted by molar-refractivity contribution is 7.98. The first-order chi connectivity index (χ1) is 11.2. The molecule has 1 saturated heterocycles. The smallest absolute Gasteiger partial charge is 0.252 e. The summed E-state index contributed by atoms with van der Waals surface area (Å²) >= 11 is 1.53.